The van der Waals surface area contributed by atoms with E-state index in [0.29, 0.717) is 0 Å². The summed E-state index contributed by atoms with van der Waals surface area (Å²) in [4.78, 5) is 12.7. The van der Waals surface area contributed by atoms with Crippen molar-refractivity contribution in [2.24, 2.45) is 0 Å². The Morgan fingerprint density at radius 1 is 1.14 bits per heavy atom. The first-order chi connectivity index (χ1) is 13.1. The molecule has 0 heterocycles. The lowest BCUT2D eigenvalue weighted by Crippen LogP contribution is -2.40. The van der Waals surface area contributed by atoms with E-state index < -0.39 is 15.6 Å². The van der Waals surface area contributed by atoms with Gasteiger partial charge in [-0.15, -0.1) is 0 Å². The van der Waals surface area contributed by atoms with Crippen LogP contribution in [0.2, 0.25) is 5.02 Å². The molecule has 2 aromatic rings. The van der Waals surface area contributed by atoms with E-state index in [1.165, 1.54) is 17.7 Å². The minimum absolute atomic E-state index is 0.0799. The molecular formula is C21H25ClN2O3S. The molecule has 2 aromatic carbocycles. The Balaban J connectivity index is 1.86. The second kappa shape index (κ2) is 7.85. The molecule has 3 rings (SSSR count). The van der Waals surface area contributed by atoms with Crippen LogP contribution in [0, 0.1) is 0 Å². The summed E-state index contributed by atoms with van der Waals surface area (Å²) in [5.74, 6) is -0.314. The third kappa shape index (κ3) is 4.74. The first-order valence-corrected chi connectivity index (χ1v) is 11.2. The predicted octanol–water partition coefficient (Wildman–Crippen LogP) is 4.22. The third-order valence-electron chi connectivity index (χ3n) is 4.60. The first kappa shape index (κ1) is 20.8. The number of fused-ring (bicyclic) bond motifs is 1. The summed E-state index contributed by atoms with van der Waals surface area (Å²) in [6, 6.07) is 12.3. The summed E-state index contributed by atoms with van der Waals surface area (Å²) < 4.78 is 27.9. The van der Waals surface area contributed by atoms with E-state index in [-0.39, 0.29) is 27.4 Å². The molecule has 0 radical (unpaired) electrons. The zero-order valence-corrected chi connectivity index (χ0v) is 17.8. The fourth-order valence-corrected chi connectivity index (χ4v) is 5.40. The molecule has 1 amide bonds. The van der Waals surface area contributed by atoms with Crippen LogP contribution in [0.5, 0.6) is 0 Å². The molecule has 0 aromatic heterocycles. The van der Waals surface area contributed by atoms with Crippen molar-refractivity contribution in [1.82, 2.24) is 10.0 Å². The van der Waals surface area contributed by atoms with Crippen molar-refractivity contribution in [2.75, 3.05) is 0 Å². The molecule has 0 fully saturated rings. The topological polar surface area (TPSA) is 75.3 Å². The van der Waals surface area contributed by atoms with E-state index >= 15 is 0 Å². The van der Waals surface area contributed by atoms with Crippen LogP contribution in [0.4, 0.5) is 0 Å². The Morgan fingerprint density at radius 3 is 2.57 bits per heavy atom. The van der Waals surface area contributed by atoms with E-state index in [2.05, 4.69) is 16.1 Å². The van der Waals surface area contributed by atoms with Crippen LogP contribution in [0.1, 0.15) is 61.1 Å². The molecule has 5 nitrogen and oxygen atoms in total. The zero-order valence-electron chi connectivity index (χ0n) is 16.3. The number of rotatable bonds is 4. The Kier molecular flexibility index (Phi) is 5.84. The minimum Gasteiger partial charge on any atom is -0.345 e. The quantitative estimate of drug-likeness (QED) is 0.777. The van der Waals surface area contributed by atoms with Crippen molar-refractivity contribution in [3.63, 3.8) is 0 Å². The summed E-state index contributed by atoms with van der Waals surface area (Å²) in [5.41, 5.74) is 1.97. The summed E-state index contributed by atoms with van der Waals surface area (Å²) in [6.45, 7) is 5.24. The van der Waals surface area contributed by atoms with Gasteiger partial charge in [-0.2, -0.15) is 0 Å². The van der Waals surface area contributed by atoms with Crippen molar-refractivity contribution in [3.05, 3.63) is 64.2 Å². The Hall–Kier alpha value is -1.89. The van der Waals surface area contributed by atoms with Crippen LogP contribution in [-0.4, -0.2) is 19.9 Å². The van der Waals surface area contributed by atoms with Crippen molar-refractivity contribution in [1.29, 1.82) is 0 Å². The smallest absolute Gasteiger partial charge is 0.251 e. The number of carbonyl (C=O) groups excluding carboxylic acids is 1. The standard InChI is InChI=1S/C21H25ClN2O3S/c1-21(2,3)24-28(26,27)19-13-15(11-12-17(19)22)20(25)23-18-10-6-8-14-7-4-5-9-16(14)18/h4-5,7,9,11-13,18,24H,6,8,10H2,1-3H3,(H,23,25)/t18-/m0/s1. The maximum absolute atomic E-state index is 12.8. The van der Waals surface area contributed by atoms with E-state index in [0.717, 1.165) is 24.8 Å². The zero-order chi connectivity index (χ0) is 20.5. The van der Waals surface area contributed by atoms with Gasteiger partial charge in [-0.05, 0) is 69.4 Å². The van der Waals surface area contributed by atoms with Gasteiger partial charge in [0.05, 0.1) is 11.1 Å². The van der Waals surface area contributed by atoms with Gasteiger partial charge in [-0.3, -0.25) is 4.79 Å². The second-order valence-electron chi connectivity index (χ2n) is 8.12. The highest BCUT2D eigenvalue weighted by Gasteiger charge is 2.26. The van der Waals surface area contributed by atoms with E-state index in [9.17, 15) is 13.2 Å². The highest BCUT2D eigenvalue weighted by atomic mass is 35.5. The van der Waals surface area contributed by atoms with Crippen LogP contribution in [0.15, 0.2) is 47.4 Å². The van der Waals surface area contributed by atoms with Gasteiger partial charge in [-0.1, -0.05) is 35.9 Å². The molecule has 0 aliphatic heterocycles. The number of hydrogen-bond acceptors (Lipinski definition) is 3. The molecule has 0 saturated carbocycles. The molecule has 0 bridgehead atoms. The molecule has 2 N–H and O–H groups in total. The van der Waals surface area contributed by atoms with E-state index in [1.54, 1.807) is 26.8 Å². The second-order valence-corrected chi connectivity index (χ2v) is 10.2. The third-order valence-corrected chi connectivity index (χ3v) is 6.84. The van der Waals surface area contributed by atoms with E-state index in [4.69, 9.17) is 11.6 Å². The van der Waals surface area contributed by atoms with Crippen molar-refractivity contribution < 1.29 is 13.2 Å². The van der Waals surface area contributed by atoms with Crippen LogP contribution < -0.4 is 10.0 Å². The summed E-state index contributed by atoms with van der Waals surface area (Å²) in [6.07, 6.45) is 2.86. The fourth-order valence-electron chi connectivity index (χ4n) is 3.45. The molecule has 0 unspecified atom stereocenters. The molecule has 0 spiro atoms. The van der Waals surface area contributed by atoms with Gasteiger partial charge in [0.15, 0.2) is 0 Å². The molecular weight excluding hydrogens is 396 g/mol. The number of amides is 1. The number of benzene rings is 2. The van der Waals surface area contributed by atoms with Crippen LogP contribution in [0.3, 0.4) is 0 Å². The van der Waals surface area contributed by atoms with Crippen LogP contribution >= 0.6 is 11.6 Å². The molecule has 1 aliphatic carbocycles. The minimum atomic E-state index is -3.85. The Labute approximate surface area is 171 Å². The van der Waals surface area contributed by atoms with Gasteiger partial charge in [0.2, 0.25) is 10.0 Å². The number of nitrogens with one attached hydrogen (secondary N) is 2. The van der Waals surface area contributed by atoms with Crippen molar-refractivity contribution in [2.45, 2.75) is 56.5 Å². The van der Waals surface area contributed by atoms with Gasteiger partial charge in [0.1, 0.15) is 4.90 Å². The highest BCUT2D eigenvalue weighted by molar-refractivity contribution is 7.89. The molecule has 1 aliphatic rings. The maximum atomic E-state index is 12.8. The summed E-state index contributed by atoms with van der Waals surface area (Å²) in [5, 5.41) is 3.12. The van der Waals surface area contributed by atoms with Gasteiger partial charge in [0.25, 0.3) is 5.91 Å². The molecule has 7 heteroatoms. The number of sulfonamides is 1. The maximum Gasteiger partial charge on any atom is 0.251 e. The highest BCUT2D eigenvalue weighted by Crippen LogP contribution is 2.30. The van der Waals surface area contributed by atoms with E-state index in [1.807, 2.05) is 18.2 Å². The first-order valence-electron chi connectivity index (χ1n) is 9.29. The Bertz CT molecular complexity index is 997. The lowest BCUT2D eigenvalue weighted by Gasteiger charge is -2.26. The Morgan fingerprint density at radius 2 is 1.86 bits per heavy atom. The molecule has 1 atom stereocenters. The average Bonchev–Trinajstić information content (AvgIpc) is 2.60. The average molecular weight is 421 g/mol. The number of hydrogen-bond donors (Lipinski definition) is 2. The van der Waals surface area contributed by atoms with Crippen molar-refractivity contribution in [3.8, 4) is 0 Å². The molecule has 28 heavy (non-hydrogen) atoms. The lowest BCUT2D eigenvalue weighted by molar-refractivity contribution is 0.0932. The van der Waals surface area contributed by atoms with Crippen LogP contribution in [-0.2, 0) is 16.4 Å². The molecule has 150 valence electrons. The monoisotopic (exact) mass is 420 g/mol. The SMILES string of the molecule is CC(C)(C)NS(=O)(=O)c1cc(C(=O)N[C@H]2CCCc3ccccc32)ccc1Cl. The lowest BCUT2D eigenvalue weighted by atomic mass is 9.87. The largest absolute Gasteiger partial charge is 0.345 e. The number of aryl methyl sites for hydroxylation is 1. The normalized spacial score (nSPS) is 17.1. The van der Waals surface area contributed by atoms with Gasteiger partial charge >= 0.3 is 0 Å². The van der Waals surface area contributed by atoms with Crippen LogP contribution in [0.25, 0.3) is 0 Å². The predicted molar refractivity (Wildman–Crippen MR) is 111 cm³/mol. The van der Waals surface area contributed by atoms with Crippen molar-refractivity contribution >= 4 is 27.5 Å². The number of carbonyl (C=O) groups is 1. The van der Waals surface area contributed by atoms with Gasteiger partial charge in [-0.25, -0.2) is 13.1 Å². The van der Waals surface area contributed by atoms with Gasteiger partial charge in [0, 0.05) is 11.1 Å². The molecule has 0 saturated heterocycles. The summed E-state index contributed by atoms with van der Waals surface area (Å²) >= 11 is 6.12. The van der Waals surface area contributed by atoms with Gasteiger partial charge < -0.3 is 5.32 Å². The number of halogens is 1. The fraction of sp³-hybridized carbons (Fsp3) is 0.381. The summed E-state index contributed by atoms with van der Waals surface area (Å²) in [7, 11) is -3.85.